The fourth-order valence-electron chi connectivity index (χ4n) is 3.38. The van der Waals surface area contributed by atoms with E-state index in [1.165, 1.54) is 6.92 Å². The average Bonchev–Trinajstić information content (AvgIpc) is 3.04. The lowest BCUT2D eigenvalue weighted by Crippen LogP contribution is -2.44. The number of fused-ring (bicyclic) bond motifs is 1. The second-order valence-electron chi connectivity index (χ2n) is 7.56. The van der Waals surface area contributed by atoms with Crippen molar-refractivity contribution < 1.29 is 23.9 Å². The van der Waals surface area contributed by atoms with Crippen LogP contribution in [0.2, 0.25) is 0 Å². The Labute approximate surface area is 224 Å². The van der Waals surface area contributed by atoms with Gasteiger partial charge in [-0.15, -0.1) is 0 Å². The SMILES string of the molecule is CC(C)c1ccccc1NC(=O)COC(=O)C(C)N1C(=O)c2c(Br)c(Br)c(Br)c(Br)c2C1=O. The molecule has 0 saturated heterocycles. The number of benzene rings is 2. The van der Waals surface area contributed by atoms with Gasteiger partial charge in [0.05, 0.1) is 11.1 Å². The molecule has 3 rings (SSSR count). The summed E-state index contributed by atoms with van der Waals surface area (Å²) in [6.07, 6.45) is 0. The number of anilines is 1. The summed E-state index contributed by atoms with van der Waals surface area (Å²) < 4.78 is 6.98. The van der Waals surface area contributed by atoms with Gasteiger partial charge in [0, 0.05) is 23.6 Å². The Morgan fingerprint density at radius 2 is 1.42 bits per heavy atom. The van der Waals surface area contributed by atoms with Crippen molar-refractivity contribution in [2.24, 2.45) is 0 Å². The van der Waals surface area contributed by atoms with Crippen LogP contribution in [0.5, 0.6) is 0 Å². The zero-order chi connectivity index (χ0) is 24.6. The monoisotopic (exact) mass is 706 g/mol. The summed E-state index contributed by atoms with van der Waals surface area (Å²) in [6.45, 7) is 4.83. The van der Waals surface area contributed by atoms with E-state index in [1.807, 2.05) is 26.0 Å². The van der Waals surface area contributed by atoms with Crippen molar-refractivity contribution >= 4 is 93.1 Å². The Hall–Kier alpha value is -1.56. The lowest BCUT2D eigenvalue weighted by Gasteiger charge is -2.21. The van der Waals surface area contributed by atoms with Crippen LogP contribution in [0.25, 0.3) is 0 Å². The molecule has 1 atom stereocenters. The predicted molar refractivity (Wildman–Crippen MR) is 137 cm³/mol. The second-order valence-corrected chi connectivity index (χ2v) is 10.7. The fraction of sp³-hybridized carbons (Fsp3) is 0.273. The van der Waals surface area contributed by atoms with E-state index in [1.54, 1.807) is 12.1 Å². The molecule has 11 heteroatoms. The molecule has 0 aliphatic carbocycles. The molecule has 0 radical (unpaired) electrons. The third kappa shape index (κ3) is 4.96. The summed E-state index contributed by atoms with van der Waals surface area (Å²) in [5, 5.41) is 2.73. The van der Waals surface area contributed by atoms with Crippen LogP contribution in [0.4, 0.5) is 5.69 Å². The van der Waals surface area contributed by atoms with E-state index in [-0.39, 0.29) is 17.0 Å². The van der Waals surface area contributed by atoms with Crippen LogP contribution < -0.4 is 5.32 Å². The van der Waals surface area contributed by atoms with E-state index in [9.17, 15) is 19.2 Å². The largest absolute Gasteiger partial charge is 0.454 e. The lowest BCUT2D eigenvalue weighted by atomic mass is 10.0. The number of amides is 3. The van der Waals surface area contributed by atoms with E-state index in [0.717, 1.165) is 10.5 Å². The van der Waals surface area contributed by atoms with Crippen LogP contribution in [-0.2, 0) is 14.3 Å². The normalized spacial score (nSPS) is 13.9. The molecule has 1 N–H and O–H groups in total. The minimum Gasteiger partial charge on any atom is -0.454 e. The van der Waals surface area contributed by atoms with Gasteiger partial charge in [-0.2, -0.15) is 0 Å². The molecule has 33 heavy (non-hydrogen) atoms. The molecule has 0 aromatic heterocycles. The summed E-state index contributed by atoms with van der Waals surface area (Å²) in [7, 11) is 0. The molecule has 1 heterocycles. The Morgan fingerprint density at radius 1 is 0.909 bits per heavy atom. The van der Waals surface area contributed by atoms with Crippen molar-refractivity contribution in [1.82, 2.24) is 4.90 Å². The number of rotatable bonds is 6. The van der Waals surface area contributed by atoms with Gasteiger partial charge in [0.1, 0.15) is 6.04 Å². The molecule has 0 fully saturated rings. The number of carbonyl (C=O) groups is 4. The van der Waals surface area contributed by atoms with Gasteiger partial charge < -0.3 is 10.1 Å². The first-order valence-electron chi connectivity index (χ1n) is 9.76. The Kier molecular flexibility index (Phi) is 8.19. The number of halogens is 4. The Morgan fingerprint density at radius 3 is 1.94 bits per heavy atom. The molecular formula is C22H18Br4N2O5. The van der Waals surface area contributed by atoms with Gasteiger partial charge in [0.15, 0.2) is 6.61 Å². The topological polar surface area (TPSA) is 92.8 Å². The highest BCUT2D eigenvalue weighted by molar-refractivity contribution is 9.15. The molecule has 3 amide bonds. The van der Waals surface area contributed by atoms with Crippen molar-refractivity contribution in [2.75, 3.05) is 11.9 Å². The molecule has 1 aliphatic heterocycles. The van der Waals surface area contributed by atoms with Crippen LogP contribution >= 0.6 is 63.7 Å². The third-order valence-corrected chi connectivity index (χ3v) is 9.83. The number of carbonyl (C=O) groups excluding carboxylic acids is 4. The van der Waals surface area contributed by atoms with Crippen LogP contribution in [0.1, 0.15) is 53.0 Å². The molecule has 2 aromatic rings. The summed E-state index contributed by atoms with van der Waals surface area (Å²) in [5.74, 6) is -2.49. The van der Waals surface area contributed by atoms with Crippen molar-refractivity contribution in [2.45, 2.75) is 32.7 Å². The summed E-state index contributed by atoms with van der Waals surface area (Å²) in [5.41, 5.74) is 1.84. The number of nitrogens with one attached hydrogen (secondary N) is 1. The van der Waals surface area contributed by atoms with Gasteiger partial charge >= 0.3 is 5.97 Å². The van der Waals surface area contributed by atoms with Crippen LogP contribution in [0, 0.1) is 0 Å². The molecule has 2 aromatic carbocycles. The number of imide groups is 1. The molecule has 1 aliphatic rings. The molecule has 174 valence electrons. The van der Waals surface area contributed by atoms with E-state index in [4.69, 9.17) is 4.74 Å². The molecule has 0 bridgehead atoms. The molecule has 0 spiro atoms. The lowest BCUT2D eigenvalue weighted by molar-refractivity contribution is -0.150. The fourth-order valence-corrected chi connectivity index (χ4v) is 5.84. The number of hydrogen-bond donors (Lipinski definition) is 1. The number of hydrogen-bond acceptors (Lipinski definition) is 5. The smallest absolute Gasteiger partial charge is 0.329 e. The molecule has 0 saturated carbocycles. The van der Waals surface area contributed by atoms with Gasteiger partial charge in [0.2, 0.25) is 0 Å². The zero-order valence-corrected chi connectivity index (χ0v) is 24.0. The van der Waals surface area contributed by atoms with Crippen LogP contribution in [0.3, 0.4) is 0 Å². The number of nitrogens with zero attached hydrogens (tertiary/aromatic N) is 1. The van der Waals surface area contributed by atoms with Crippen molar-refractivity contribution in [3.63, 3.8) is 0 Å². The molecule has 7 nitrogen and oxygen atoms in total. The summed E-state index contributed by atoms with van der Waals surface area (Å²) in [4.78, 5) is 51.8. The van der Waals surface area contributed by atoms with Gasteiger partial charge in [-0.1, -0.05) is 32.0 Å². The minimum absolute atomic E-state index is 0.129. The zero-order valence-electron chi connectivity index (χ0n) is 17.7. The maximum atomic E-state index is 13.0. The number of para-hydroxylation sites is 1. The number of ether oxygens (including phenoxy) is 1. The highest BCUT2D eigenvalue weighted by Gasteiger charge is 2.45. The Balaban J connectivity index is 1.71. The van der Waals surface area contributed by atoms with Crippen molar-refractivity contribution in [3.05, 3.63) is 58.8 Å². The first-order chi connectivity index (χ1) is 15.5. The standard InChI is InChI=1S/C22H18Br4N2O5/c1-9(2)11-6-4-5-7-12(11)27-13(29)8-33-22(32)10(3)28-20(30)14-15(21(28)31)17(24)19(26)18(25)16(14)23/h4-7,9-10H,8H2,1-3H3,(H,27,29). The van der Waals surface area contributed by atoms with Crippen molar-refractivity contribution in [1.29, 1.82) is 0 Å². The van der Waals surface area contributed by atoms with Crippen LogP contribution in [-0.4, -0.2) is 41.2 Å². The van der Waals surface area contributed by atoms with E-state index >= 15 is 0 Å². The van der Waals surface area contributed by atoms with E-state index < -0.39 is 36.3 Å². The first kappa shape index (κ1) is 26.1. The maximum Gasteiger partial charge on any atom is 0.329 e. The predicted octanol–water partition coefficient (Wildman–Crippen LogP) is 6.03. The van der Waals surface area contributed by atoms with Gasteiger partial charge in [-0.05, 0) is 88.2 Å². The number of esters is 1. The summed E-state index contributed by atoms with van der Waals surface area (Å²) >= 11 is 13.4. The van der Waals surface area contributed by atoms with Gasteiger partial charge in [-0.25, -0.2) is 4.79 Å². The Bertz CT molecular complexity index is 1130. The average molecular weight is 710 g/mol. The first-order valence-corrected chi connectivity index (χ1v) is 12.9. The maximum absolute atomic E-state index is 13.0. The van der Waals surface area contributed by atoms with Gasteiger partial charge in [-0.3, -0.25) is 19.3 Å². The highest BCUT2D eigenvalue weighted by atomic mass is 79.9. The quantitative estimate of drug-likeness (QED) is 0.171. The van der Waals surface area contributed by atoms with E-state index in [0.29, 0.717) is 23.6 Å². The van der Waals surface area contributed by atoms with E-state index in [2.05, 4.69) is 69.0 Å². The highest BCUT2D eigenvalue weighted by Crippen LogP contribution is 2.45. The minimum atomic E-state index is -1.23. The molecule has 1 unspecified atom stereocenters. The third-order valence-electron chi connectivity index (χ3n) is 5.06. The second kappa shape index (κ2) is 10.4. The van der Waals surface area contributed by atoms with Crippen molar-refractivity contribution in [3.8, 4) is 0 Å². The van der Waals surface area contributed by atoms with Crippen LogP contribution in [0.15, 0.2) is 42.2 Å². The summed E-state index contributed by atoms with van der Waals surface area (Å²) in [6, 6.07) is 6.11. The van der Waals surface area contributed by atoms with Gasteiger partial charge in [0.25, 0.3) is 17.7 Å². The molecular weight excluding hydrogens is 692 g/mol.